The quantitative estimate of drug-likeness (QED) is 0.285. The summed E-state index contributed by atoms with van der Waals surface area (Å²) in [6, 6.07) is 0. The second-order valence-electron chi connectivity index (χ2n) is 4.96. The maximum absolute atomic E-state index is 13.2. The van der Waals surface area contributed by atoms with Gasteiger partial charge in [-0.3, -0.25) is 9.59 Å². The molecule has 5 nitrogen and oxygen atoms in total. The van der Waals surface area contributed by atoms with Crippen molar-refractivity contribution in [2.24, 2.45) is 0 Å². The van der Waals surface area contributed by atoms with Crippen LogP contribution in [0.1, 0.15) is 6.42 Å². The first-order chi connectivity index (χ1) is 13.3. The van der Waals surface area contributed by atoms with Gasteiger partial charge < -0.3 is 15.4 Å². The van der Waals surface area contributed by atoms with Crippen LogP contribution in [0.15, 0.2) is 84.6 Å². The van der Waals surface area contributed by atoms with Crippen molar-refractivity contribution < 1.29 is 27.5 Å². The zero-order valence-electron chi connectivity index (χ0n) is 14.9. The molecule has 0 unspecified atom stereocenters. The summed E-state index contributed by atoms with van der Waals surface area (Å²) in [5.41, 5.74) is 0.400. The standard InChI is InChI=1S/C19H20ClF3N2O3/c1-4-6-16(17(23)11-21)19(27)24-8-7-13(3)25-18(26)12-28-15(5-2)9-14(22)10-20/h4-6,9-11H,1-3,7-8,12H2,(H,24,27)(H,25,26)/b14-10-,15-9+,16-6+,17-11-. The van der Waals surface area contributed by atoms with Crippen LogP contribution in [0, 0.1) is 0 Å². The lowest BCUT2D eigenvalue weighted by Crippen LogP contribution is -2.30. The van der Waals surface area contributed by atoms with Crippen molar-refractivity contribution >= 4 is 23.4 Å². The molecule has 0 radical (unpaired) electrons. The van der Waals surface area contributed by atoms with E-state index in [-0.39, 0.29) is 30.8 Å². The van der Waals surface area contributed by atoms with Crippen LogP contribution in [0.2, 0.25) is 0 Å². The maximum atomic E-state index is 13.2. The van der Waals surface area contributed by atoms with Gasteiger partial charge in [0.05, 0.1) is 5.57 Å². The zero-order valence-corrected chi connectivity index (χ0v) is 15.7. The highest BCUT2D eigenvalue weighted by atomic mass is 35.5. The Morgan fingerprint density at radius 2 is 1.89 bits per heavy atom. The van der Waals surface area contributed by atoms with Crippen molar-refractivity contribution in [2.75, 3.05) is 13.2 Å². The average Bonchev–Trinajstić information content (AvgIpc) is 2.68. The van der Waals surface area contributed by atoms with Crippen molar-refractivity contribution in [3.05, 3.63) is 84.6 Å². The fourth-order valence-corrected chi connectivity index (χ4v) is 1.70. The Kier molecular flexibility index (Phi) is 12.6. The minimum Gasteiger partial charge on any atom is -0.484 e. The number of carbonyl (C=O) groups is 2. The summed E-state index contributed by atoms with van der Waals surface area (Å²) in [5, 5.41) is 4.75. The predicted molar refractivity (Wildman–Crippen MR) is 103 cm³/mol. The molecule has 0 fully saturated rings. The first kappa shape index (κ1) is 25.0. The van der Waals surface area contributed by atoms with E-state index in [0.717, 1.165) is 18.2 Å². The van der Waals surface area contributed by atoms with Gasteiger partial charge in [-0.05, 0) is 12.2 Å². The molecule has 0 aliphatic carbocycles. The first-order valence-corrected chi connectivity index (χ1v) is 8.20. The normalized spacial score (nSPS) is 12.9. The van der Waals surface area contributed by atoms with E-state index in [1.807, 2.05) is 0 Å². The third kappa shape index (κ3) is 10.2. The first-order valence-electron chi connectivity index (χ1n) is 7.76. The van der Waals surface area contributed by atoms with Gasteiger partial charge in [0.1, 0.15) is 17.9 Å². The number of rotatable bonds is 12. The van der Waals surface area contributed by atoms with Gasteiger partial charge in [-0.25, -0.2) is 13.2 Å². The molecule has 0 aromatic carbocycles. The van der Waals surface area contributed by atoms with Crippen molar-refractivity contribution in [3.8, 4) is 0 Å². The number of ether oxygens (including phenoxy) is 1. The second kappa shape index (κ2) is 14.1. The van der Waals surface area contributed by atoms with Crippen molar-refractivity contribution in [3.63, 3.8) is 0 Å². The van der Waals surface area contributed by atoms with E-state index < -0.39 is 35.6 Å². The summed E-state index contributed by atoms with van der Waals surface area (Å²) < 4.78 is 43.6. The summed E-state index contributed by atoms with van der Waals surface area (Å²) in [6.07, 6.45) is 4.07. The lowest BCUT2D eigenvalue weighted by atomic mass is 10.2. The Bertz CT molecular complexity index is 741. The molecule has 0 atom stereocenters. The molecule has 0 saturated carbocycles. The molecule has 0 aliphatic heterocycles. The largest absolute Gasteiger partial charge is 0.484 e. The third-order valence-corrected chi connectivity index (χ3v) is 3.07. The fraction of sp³-hybridized carbons (Fsp3) is 0.158. The molecule has 9 heteroatoms. The number of nitrogens with one attached hydrogen (secondary N) is 2. The number of amides is 2. The SMILES string of the molecule is C=C/C=C(C(=O)NCCC(=C)NC(=O)CO/C(C=C)=C/C(F)=C/Cl)\C(F)=C\F. The van der Waals surface area contributed by atoms with E-state index >= 15 is 0 Å². The van der Waals surface area contributed by atoms with Crippen LogP contribution in [0.25, 0.3) is 0 Å². The molecule has 0 heterocycles. The Morgan fingerprint density at radius 1 is 1.21 bits per heavy atom. The minimum atomic E-state index is -1.34. The summed E-state index contributed by atoms with van der Waals surface area (Å²) in [5.74, 6) is -3.57. The van der Waals surface area contributed by atoms with Gasteiger partial charge in [-0.2, -0.15) is 0 Å². The van der Waals surface area contributed by atoms with Gasteiger partial charge in [0, 0.05) is 30.3 Å². The van der Waals surface area contributed by atoms with E-state index in [4.69, 9.17) is 16.3 Å². The van der Waals surface area contributed by atoms with Crippen LogP contribution in [-0.2, 0) is 14.3 Å². The molecular weight excluding hydrogens is 397 g/mol. The van der Waals surface area contributed by atoms with E-state index in [1.54, 1.807) is 0 Å². The lowest BCUT2D eigenvalue weighted by Gasteiger charge is -2.11. The molecule has 0 saturated heterocycles. The zero-order chi connectivity index (χ0) is 21.5. The summed E-state index contributed by atoms with van der Waals surface area (Å²) in [6.45, 7) is 9.86. The monoisotopic (exact) mass is 416 g/mol. The number of hydrogen-bond donors (Lipinski definition) is 2. The highest BCUT2D eigenvalue weighted by molar-refractivity contribution is 6.25. The minimum absolute atomic E-state index is 0.00358. The van der Waals surface area contributed by atoms with Crippen molar-refractivity contribution in [1.29, 1.82) is 0 Å². The Morgan fingerprint density at radius 3 is 2.43 bits per heavy atom. The van der Waals surface area contributed by atoms with Crippen LogP contribution in [0.5, 0.6) is 0 Å². The molecule has 2 amide bonds. The van der Waals surface area contributed by atoms with Crippen molar-refractivity contribution in [2.45, 2.75) is 6.42 Å². The Hall–Kier alpha value is -3.00. The second-order valence-corrected chi connectivity index (χ2v) is 5.18. The van der Waals surface area contributed by atoms with Crippen LogP contribution in [0.3, 0.4) is 0 Å². The molecule has 0 aromatic rings. The Labute approximate surface area is 166 Å². The molecule has 2 N–H and O–H groups in total. The fourth-order valence-electron chi connectivity index (χ4n) is 1.63. The van der Waals surface area contributed by atoms with Gasteiger partial charge in [-0.15, -0.1) is 0 Å². The number of carbonyl (C=O) groups excluding carboxylic acids is 2. The van der Waals surface area contributed by atoms with Crippen LogP contribution < -0.4 is 10.6 Å². The molecular formula is C19H20ClF3N2O3. The van der Waals surface area contributed by atoms with Crippen LogP contribution >= 0.6 is 11.6 Å². The van der Waals surface area contributed by atoms with Crippen molar-refractivity contribution in [1.82, 2.24) is 10.6 Å². The number of halogens is 4. The third-order valence-electron chi connectivity index (χ3n) is 2.87. The average molecular weight is 417 g/mol. The van der Waals surface area contributed by atoms with E-state index in [2.05, 4.69) is 30.4 Å². The topological polar surface area (TPSA) is 67.4 Å². The summed E-state index contributed by atoms with van der Waals surface area (Å²) in [4.78, 5) is 23.5. The molecule has 0 aromatic heterocycles. The molecule has 0 spiro atoms. The molecule has 0 rings (SSSR count). The molecule has 0 bridgehead atoms. The number of hydrogen-bond acceptors (Lipinski definition) is 3. The predicted octanol–water partition coefficient (Wildman–Crippen LogP) is 4.15. The van der Waals surface area contributed by atoms with Crippen LogP contribution in [0.4, 0.5) is 13.2 Å². The van der Waals surface area contributed by atoms with Gasteiger partial charge in [0.25, 0.3) is 11.8 Å². The number of allylic oxidation sites excluding steroid dienone is 5. The molecule has 152 valence electrons. The van der Waals surface area contributed by atoms with Gasteiger partial charge in [0.15, 0.2) is 12.4 Å². The van der Waals surface area contributed by atoms with E-state index in [9.17, 15) is 22.8 Å². The summed E-state index contributed by atoms with van der Waals surface area (Å²) in [7, 11) is 0. The van der Waals surface area contributed by atoms with E-state index in [1.165, 1.54) is 6.08 Å². The molecule has 28 heavy (non-hydrogen) atoms. The van der Waals surface area contributed by atoms with Gasteiger partial charge in [0.2, 0.25) is 0 Å². The summed E-state index contributed by atoms with van der Waals surface area (Å²) >= 11 is 5.17. The molecule has 0 aliphatic rings. The van der Waals surface area contributed by atoms with Crippen LogP contribution in [-0.4, -0.2) is 25.0 Å². The highest BCUT2D eigenvalue weighted by Gasteiger charge is 2.14. The van der Waals surface area contributed by atoms with Gasteiger partial charge >= 0.3 is 0 Å². The van der Waals surface area contributed by atoms with E-state index in [0.29, 0.717) is 5.54 Å². The lowest BCUT2D eigenvalue weighted by molar-refractivity contribution is -0.123. The van der Waals surface area contributed by atoms with Gasteiger partial charge in [-0.1, -0.05) is 37.4 Å². The Balaban J connectivity index is 4.45. The highest BCUT2D eigenvalue weighted by Crippen LogP contribution is 2.12. The smallest absolute Gasteiger partial charge is 0.262 e. The maximum Gasteiger partial charge on any atom is 0.262 e.